The Morgan fingerprint density at radius 2 is 2.00 bits per heavy atom. The molecule has 1 rings (SSSR count). The van der Waals surface area contributed by atoms with Gasteiger partial charge in [-0.1, -0.05) is 6.07 Å². The molecular formula is C9H8F3IO. The van der Waals surface area contributed by atoms with E-state index in [0.29, 0.717) is 5.56 Å². The molecular weight excluding hydrogens is 308 g/mol. The molecule has 0 bridgehead atoms. The smallest absolute Gasteiger partial charge is 0.422 e. The molecule has 0 aliphatic rings. The SMILES string of the molecule is Cc1ccc(I)cc1OCC(F)(F)F. The predicted octanol–water partition coefficient (Wildman–Crippen LogP) is 3.54. The Labute approximate surface area is 93.4 Å². The van der Waals surface area contributed by atoms with Crippen molar-refractivity contribution >= 4 is 22.6 Å². The summed E-state index contributed by atoms with van der Waals surface area (Å²) in [5, 5.41) is 0. The maximum absolute atomic E-state index is 11.8. The molecule has 0 saturated heterocycles. The van der Waals surface area contributed by atoms with Crippen LogP contribution < -0.4 is 4.74 Å². The summed E-state index contributed by atoms with van der Waals surface area (Å²) in [6.45, 7) is 0.468. The number of benzene rings is 1. The zero-order chi connectivity index (χ0) is 10.8. The van der Waals surface area contributed by atoms with Gasteiger partial charge in [0.2, 0.25) is 0 Å². The molecule has 1 aromatic carbocycles. The van der Waals surface area contributed by atoms with Crippen molar-refractivity contribution < 1.29 is 17.9 Å². The first-order chi connectivity index (χ1) is 6.38. The number of halogens is 4. The molecule has 0 aromatic heterocycles. The maximum Gasteiger partial charge on any atom is 0.422 e. The molecule has 0 unspecified atom stereocenters. The highest BCUT2D eigenvalue weighted by Crippen LogP contribution is 2.23. The van der Waals surface area contributed by atoms with E-state index < -0.39 is 12.8 Å². The van der Waals surface area contributed by atoms with E-state index in [1.807, 2.05) is 28.7 Å². The summed E-state index contributed by atoms with van der Waals surface area (Å²) in [5.41, 5.74) is 0.703. The summed E-state index contributed by atoms with van der Waals surface area (Å²) in [7, 11) is 0. The summed E-state index contributed by atoms with van der Waals surface area (Å²) in [6.07, 6.45) is -4.28. The van der Waals surface area contributed by atoms with Gasteiger partial charge in [0.1, 0.15) is 5.75 Å². The molecule has 0 amide bonds. The van der Waals surface area contributed by atoms with Crippen molar-refractivity contribution in [3.05, 3.63) is 27.3 Å². The van der Waals surface area contributed by atoms with Crippen molar-refractivity contribution in [1.82, 2.24) is 0 Å². The van der Waals surface area contributed by atoms with Gasteiger partial charge in [-0.15, -0.1) is 0 Å². The molecule has 1 nitrogen and oxygen atoms in total. The molecule has 0 aliphatic carbocycles. The Balaban J connectivity index is 2.72. The van der Waals surface area contributed by atoms with Gasteiger partial charge < -0.3 is 4.74 Å². The lowest BCUT2D eigenvalue weighted by molar-refractivity contribution is -0.153. The van der Waals surface area contributed by atoms with E-state index in [4.69, 9.17) is 0 Å². The van der Waals surface area contributed by atoms with Crippen molar-refractivity contribution in [3.8, 4) is 5.75 Å². The van der Waals surface area contributed by atoms with Crippen LogP contribution in [0.15, 0.2) is 18.2 Å². The fraction of sp³-hybridized carbons (Fsp3) is 0.333. The Morgan fingerprint density at radius 3 is 2.57 bits per heavy atom. The first-order valence-corrected chi connectivity index (χ1v) is 4.92. The highest BCUT2D eigenvalue weighted by atomic mass is 127. The number of alkyl halides is 3. The zero-order valence-electron chi connectivity index (χ0n) is 7.36. The predicted molar refractivity (Wildman–Crippen MR) is 55.4 cm³/mol. The number of hydrogen-bond donors (Lipinski definition) is 0. The first-order valence-electron chi connectivity index (χ1n) is 3.84. The van der Waals surface area contributed by atoms with Gasteiger partial charge in [-0.3, -0.25) is 0 Å². The molecule has 14 heavy (non-hydrogen) atoms. The molecule has 0 aliphatic heterocycles. The van der Waals surface area contributed by atoms with Gasteiger partial charge in [0.25, 0.3) is 0 Å². The lowest BCUT2D eigenvalue weighted by Crippen LogP contribution is -2.19. The topological polar surface area (TPSA) is 9.23 Å². The van der Waals surface area contributed by atoms with Crippen LogP contribution in [0.5, 0.6) is 5.75 Å². The van der Waals surface area contributed by atoms with Gasteiger partial charge in [-0.2, -0.15) is 13.2 Å². The molecule has 0 radical (unpaired) electrons. The van der Waals surface area contributed by atoms with E-state index in [-0.39, 0.29) is 5.75 Å². The number of hydrogen-bond acceptors (Lipinski definition) is 1. The molecule has 0 heterocycles. The third kappa shape index (κ3) is 3.73. The van der Waals surface area contributed by atoms with Crippen LogP contribution in [-0.4, -0.2) is 12.8 Å². The van der Waals surface area contributed by atoms with E-state index in [2.05, 4.69) is 4.74 Å². The average molecular weight is 316 g/mol. The Hall–Kier alpha value is -0.460. The normalized spacial score (nSPS) is 11.5. The van der Waals surface area contributed by atoms with E-state index in [9.17, 15) is 13.2 Å². The molecule has 0 atom stereocenters. The van der Waals surface area contributed by atoms with Crippen LogP contribution in [-0.2, 0) is 0 Å². The van der Waals surface area contributed by atoms with Crippen molar-refractivity contribution in [2.75, 3.05) is 6.61 Å². The number of ether oxygens (including phenoxy) is 1. The molecule has 0 N–H and O–H groups in total. The summed E-state index contributed by atoms with van der Waals surface area (Å²) in [5.74, 6) is 0.286. The minimum atomic E-state index is -4.28. The molecule has 1 aromatic rings. The summed E-state index contributed by atoms with van der Waals surface area (Å²) in [6, 6.07) is 5.13. The van der Waals surface area contributed by atoms with Crippen LogP contribution >= 0.6 is 22.6 Å². The fourth-order valence-corrected chi connectivity index (χ4v) is 1.35. The second-order valence-electron chi connectivity index (χ2n) is 2.81. The Kier molecular flexibility index (Phi) is 3.63. The van der Waals surface area contributed by atoms with Crippen LogP contribution in [0.4, 0.5) is 13.2 Å². The average Bonchev–Trinajstić information content (AvgIpc) is 2.05. The molecule has 78 valence electrons. The lowest BCUT2D eigenvalue weighted by atomic mass is 10.2. The van der Waals surface area contributed by atoms with E-state index in [0.717, 1.165) is 3.57 Å². The summed E-state index contributed by atoms with van der Waals surface area (Å²) in [4.78, 5) is 0. The highest BCUT2D eigenvalue weighted by molar-refractivity contribution is 14.1. The van der Waals surface area contributed by atoms with Gasteiger partial charge in [-0.05, 0) is 47.2 Å². The van der Waals surface area contributed by atoms with Crippen LogP contribution in [0.2, 0.25) is 0 Å². The maximum atomic E-state index is 11.8. The summed E-state index contributed by atoms with van der Waals surface area (Å²) >= 11 is 2.02. The van der Waals surface area contributed by atoms with E-state index in [1.165, 1.54) is 0 Å². The monoisotopic (exact) mass is 316 g/mol. The third-order valence-corrected chi connectivity index (χ3v) is 2.21. The molecule has 0 saturated carbocycles. The third-order valence-electron chi connectivity index (χ3n) is 1.54. The van der Waals surface area contributed by atoms with Gasteiger partial charge >= 0.3 is 6.18 Å². The van der Waals surface area contributed by atoms with Crippen LogP contribution in [0, 0.1) is 10.5 Å². The number of aryl methyl sites for hydroxylation is 1. The standard InChI is InChI=1S/C9H8F3IO/c1-6-2-3-7(13)4-8(6)14-5-9(10,11)12/h2-4H,5H2,1H3. The first kappa shape index (κ1) is 11.6. The van der Waals surface area contributed by atoms with Gasteiger partial charge in [0.05, 0.1) is 0 Å². The highest BCUT2D eigenvalue weighted by Gasteiger charge is 2.28. The minimum absolute atomic E-state index is 0.286. The summed E-state index contributed by atoms with van der Waals surface area (Å²) < 4.78 is 41.0. The van der Waals surface area contributed by atoms with Gasteiger partial charge in [0, 0.05) is 3.57 Å². The van der Waals surface area contributed by atoms with Gasteiger partial charge in [-0.25, -0.2) is 0 Å². The molecule has 0 fully saturated rings. The molecule has 0 spiro atoms. The van der Waals surface area contributed by atoms with Crippen molar-refractivity contribution in [1.29, 1.82) is 0 Å². The van der Waals surface area contributed by atoms with Crippen LogP contribution in [0.25, 0.3) is 0 Å². The molecule has 5 heteroatoms. The van der Waals surface area contributed by atoms with E-state index >= 15 is 0 Å². The van der Waals surface area contributed by atoms with Crippen molar-refractivity contribution in [2.45, 2.75) is 13.1 Å². The van der Waals surface area contributed by atoms with Crippen molar-refractivity contribution in [3.63, 3.8) is 0 Å². The largest absolute Gasteiger partial charge is 0.484 e. The lowest BCUT2D eigenvalue weighted by Gasteiger charge is -2.11. The van der Waals surface area contributed by atoms with Crippen LogP contribution in [0.3, 0.4) is 0 Å². The zero-order valence-corrected chi connectivity index (χ0v) is 9.52. The van der Waals surface area contributed by atoms with Gasteiger partial charge in [0.15, 0.2) is 6.61 Å². The second-order valence-corrected chi connectivity index (χ2v) is 4.06. The Morgan fingerprint density at radius 1 is 1.36 bits per heavy atom. The van der Waals surface area contributed by atoms with Crippen LogP contribution in [0.1, 0.15) is 5.56 Å². The Bertz CT molecular complexity index is 322. The fourth-order valence-electron chi connectivity index (χ4n) is 0.889. The number of rotatable bonds is 2. The minimum Gasteiger partial charge on any atom is -0.484 e. The quantitative estimate of drug-likeness (QED) is 0.759. The van der Waals surface area contributed by atoms with E-state index in [1.54, 1.807) is 19.1 Å². The van der Waals surface area contributed by atoms with Crippen molar-refractivity contribution in [2.24, 2.45) is 0 Å². The second kappa shape index (κ2) is 4.37.